The topological polar surface area (TPSA) is 77.2 Å². The number of hydrogen-bond donors (Lipinski definition) is 2. The zero-order chi connectivity index (χ0) is 14.5. The third kappa shape index (κ3) is 2.88. The molecule has 0 aliphatic heterocycles. The number of ether oxygens (including phenoxy) is 1. The number of pyridine rings is 1. The summed E-state index contributed by atoms with van der Waals surface area (Å²) in [7, 11) is 1.32. The highest BCUT2D eigenvalue weighted by atomic mass is 16.5. The molecule has 0 saturated carbocycles. The Bertz CT molecular complexity index is 626. The Kier molecular flexibility index (Phi) is 4.20. The third-order valence-electron chi connectivity index (χ3n) is 3.00. The van der Waals surface area contributed by atoms with Crippen LogP contribution in [0.4, 0.5) is 17.2 Å². The number of anilines is 3. The summed E-state index contributed by atoms with van der Waals surface area (Å²) >= 11 is 0. The van der Waals surface area contributed by atoms with Crippen molar-refractivity contribution in [1.82, 2.24) is 4.98 Å². The molecule has 3 N–H and O–H groups in total. The van der Waals surface area contributed by atoms with Crippen molar-refractivity contribution in [2.24, 2.45) is 0 Å². The van der Waals surface area contributed by atoms with Crippen LogP contribution >= 0.6 is 0 Å². The van der Waals surface area contributed by atoms with Gasteiger partial charge in [-0.15, -0.1) is 0 Å². The molecule has 2 aromatic rings. The number of nitrogen functional groups attached to an aromatic ring is 1. The smallest absolute Gasteiger partial charge is 0.340 e. The first-order valence-corrected chi connectivity index (χ1v) is 6.34. The molecule has 1 heterocycles. The minimum absolute atomic E-state index is 0.297. The van der Waals surface area contributed by atoms with Gasteiger partial charge in [-0.05, 0) is 24.1 Å². The van der Waals surface area contributed by atoms with Crippen LogP contribution in [0.5, 0.6) is 0 Å². The van der Waals surface area contributed by atoms with E-state index in [9.17, 15) is 4.79 Å². The Morgan fingerprint density at radius 1 is 1.40 bits per heavy atom. The highest BCUT2D eigenvalue weighted by Crippen LogP contribution is 2.22. The van der Waals surface area contributed by atoms with Crippen LogP contribution in [0, 0.1) is 0 Å². The molecule has 0 amide bonds. The summed E-state index contributed by atoms with van der Waals surface area (Å²) in [6.45, 7) is 2.08. The SMILES string of the molecule is CCc1ccccc1Nc1cc(C(=O)OC)c(N)cn1. The predicted octanol–water partition coefficient (Wildman–Crippen LogP) is 2.76. The van der Waals surface area contributed by atoms with E-state index in [0.717, 1.165) is 12.1 Å². The van der Waals surface area contributed by atoms with Crippen LogP contribution in [0.25, 0.3) is 0 Å². The van der Waals surface area contributed by atoms with E-state index >= 15 is 0 Å². The lowest BCUT2D eigenvalue weighted by atomic mass is 10.1. The standard InChI is InChI=1S/C15H17N3O2/c1-3-10-6-4-5-7-13(10)18-14-8-11(15(19)20-2)12(16)9-17-14/h4-9H,3,16H2,1-2H3,(H,17,18). The van der Waals surface area contributed by atoms with Crippen LogP contribution in [-0.4, -0.2) is 18.1 Å². The zero-order valence-corrected chi connectivity index (χ0v) is 11.5. The highest BCUT2D eigenvalue weighted by Gasteiger charge is 2.12. The van der Waals surface area contributed by atoms with Gasteiger partial charge in [-0.2, -0.15) is 0 Å². The molecule has 5 heteroatoms. The van der Waals surface area contributed by atoms with Crippen LogP contribution in [0.3, 0.4) is 0 Å². The molecule has 104 valence electrons. The van der Waals surface area contributed by atoms with E-state index in [1.54, 1.807) is 6.07 Å². The lowest BCUT2D eigenvalue weighted by Crippen LogP contribution is -2.07. The minimum Gasteiger partial charge on any atom is -0.465 e. The van der Waals surface area contributed by atoms with E-state index in [1.807, 2.05) is 24.3 Å². The third-order valence-corrected chi connectivity index (χ3v) is 3.00. The molecule has 1 aromatic heterocycles. The van der Waals surface area contributed by atoms with Crippen LogP contribution < -0.4 is 11.1 Å². The van der Waals surface area contributed by atoms with E-state index in [4.69, 9.17) is 10.5 Å². The van der Waals surface area contributed by atoms with E-state index in [2.05, 4.69) is 17.2 Å². The Hall–Kier alpha value is -2.56. The summed E-state index contributed by atoms with van der Waals surface area (Å²) in [6, 6.07) is 9.53. The van der Waals surface area contributed by atoms with Crippen molar-refractivity contribution in [2.75, 3.05) is 18.2 Å². The first-order valence-electron chi connectivity index (χ1n) is 6.34. The number of aromatic nitrogens is 1. The quantitative estimate of drug-likeness (QED) is 0.836. The maximum absolute atomic E-state index is 11.6. The molecule has 0 unspecified atom stereocenters. The van der Waals surface area contributed by atoms with Crippen LogP contribution in [0.15, 0.2) is 36.5 Å². The van der Waals surface area contributed by atoms with Gasteiger partial charge in [-0.1, -0.05) is 25.1 Å². The second-order valence-corrected chi connectivity index (χ2v) is 4.28. The second-order valence-electron chi connectivity index (χ2n) is 4.28. The lowest BCUT2D eigenvalue weighted by Gasteiger charge is -2.11. The van der Waals surface area contributed by atoms with E-state index < -0.39 is 5.97 Å². The Morgan fingerprint density at radius 3 is 2.85 bits per heavy atom. The molecule has 0 aliphatic rings. The molecule has 20 heavy (non-hydrogen) atoms. The molecule has 0 bridgehead atoms. The average Bonchev–Trinajstić information content (AvgIpc) is 2.49. The molecule has 0 atom stereocenters. The molecule has 2 rings (SSSR count). The number of nitrogens with two attached hydrogens (primary N) is 1. The molecule has 0 fully saturated rings. The molecule has 5 nitrogen and oxygen atoms in total. The van der Waals surface area contributed by atoms with Crippen LogP contribution in [0.2, 0.25) is 0 Å². The lowest BCUT2D eigenvalue weighted by molar-refractivity contribution is 0.0602. The largest absolute Gasteiger partial charge is 0.465 e. The fourth-order valence-corrected chi connectivity index (χ4v) is 1.91. The normalized spacial score (nSPS) is 10.1. The summed E-state index contributed by atoms with van der Waals surface area (Å²) in [5.74, 6) is 0.0808. The molecule has 0 aliphatic carbocycles. The molecule has 0 spiro atoms. The minimum atomic E-state index is -0.475. The number of carbonyl (C=O) groups is 1. The number of aryl methyl sites for hydroxylation is 1. The fraction of sp³-hybridized carbons (Fsp3) is 0.200. The highest BCUT2D eigenvalue weighted by molar-refractivity contribution is 5.95. The molecule has 0 radical (unpaired) electrons. The molecular formula is C15H17N3O2. The van der Waals surface area contributed by atoms with Gasteiger partial charge in [0.1, 0.15) is 5.82 Å². The summed E-state index contributed by atoms with van der Waals surface area (Å²) in [4.78, 5) is 15.8. The number of nitrogens with one attached hydrogen (secondary N) is 1. The van der Waals surface area contributed by atoms with Crippen molar-refractivity contribution < 1.29 is 9.53 Å². The number of benzene rings is 1. The summed E-state index contributed by atoms with van der Waals surface area (Å²) in [6.07, 6.45) is 2.35. The van der Waals surface area contributed by atoms with Crippen LogP contribution in [-0.2, 0) is 11.2 Å². The Labute approximate surface area is 117 Å². The zero-order valence-electron chi connectivity index (χ0n) is 11.5. The van der Waals surface area contributed by atoms with E-state index in [0.29, 0.717) is 17.1 Å². The fourth-order valence-electron chi connectivity index (χ4n) is 1.91. The molecule has 1 aromatic carbocycles. The summed E-state index contributed by atoms with van der Waals surface area (Å²) < 4.78 is 4.69. The predicted molar refractivity (Wildman–Crippen MR) is 79.1 cm³/mol. The van der Waals surface area contributed by atoms with Crippen molar-refractivity contribution in [1.29, 1.82) is 0 Å². The number of carbonyl (C=O) groups excluding carboxylic acids is 1. The monoisotopic (exact) mass is 271 g/mol. The van der Waals surface area contributed by atoms with Crippen molar-refractivity contribution in [2.45, 2.75) is 13.3 Å². The van der Waals surface area contributed by atoms with Gasteiger partial charge in [0.05, 0.1) is 24.6 Å². The van der Waals surface area contributed by atoms with E-state index in [-0.39, 0.29) is 0 Å². The van der Waals surface area contributed by atoms with Gasteiger partial charge in [0.25, 0.3) is 0 Å². The van der Waals surface area contributed by atoms with Gasteiger partial charge in [0.2, 0.25) is 0 Å². The number of nitrogens with zero attached hydrogens (tertiary/aromatic N) is 1. The van der Waals surface area contributed by atoms with Gasteiger partial charge >= 0.3 is 5.97 Å². The first-order chi connectivity index (χ1) is 9.65. The van der Waals surface area contributed by atoms with Gasteiger partial charge in [0.15, 0.2) is 0 Å². The second kappa shape index (κ2) is 6.06. The molecular weight excluding hydrogens is 254 g/mol. The maximum atomic E-state index is 11.6. The van der Waals surface area contributed by atoms with Gasteiger partial charge in [0, 0.05) is 5.69 Å². The van der Waals surface area contributed by atoms with Gasteiger partial charge in [-0.25, -0.2) is 9.78 Å². The maximum Gasteiger partial charge on any atom is 0.340 e. The number of methoxy groups -OCH3 is 1. The molecule has 0 saturated heterocycles. The number of hydrogen-bond acceptors (Lipinski definition) is 5. The Balaban J connectivity index is 2.32. The average molecular weight is 271 g/mol. The van der Waals surface area contributed by atoms with Crippen LogP contribution in [0.1, 0.15) is 22.8 Å². The van der Waals surface area contributed by atoms with Crippen molar-refractivity contribution in [3.63, 3.8) is 0 Å². The van der Waals surface area contributed by atoms with E-state index in [1.165, 1.54) is 18.9 Å². The summed E-state index contributed by atoms with van der Waals surface area (Å²) in [5, 5.41) is 3.20. The van der Waals surface area contributed by atoms with Crippen molar-refractivity contribution in [3.05, 3.63) is 47.7 Å². The first kappa shape index (κ1) is 13.9. The number of esters is 1. The van der Waals surface area contributed by atoms with Gasteiger partial charge < -0.3 is 15.8 Å². The van der Waals surface area contributed by atoms with Crippen molar-refractivity contribution >= 4 is 23.2 Å². The summed E-state index contributed by atoms with van der Waals surface area (Å²) in [5.41, 5.74) is 8.46. The Morgan fingerprint density at radius 2 is 2.15 bits per heavy atom. The van der Waals surface area contributed by atoms with Gasteiger partial charge in [-0.3, -0.25) is 0 Å². The van der Waals surface area contributed by atoms with Crippen molar-refractivity contribution in [3.8, 4) is 0 Å². The number of para-hydroxylation sites is 1. The number of rotatable bonds is 4.